The summed E-state index contributed by atoms with van der Waals surface area (Å²) in [5, 5.41) is 13.6. The average molecular weight is 185 g/mol. The summed E-state index contributed by atoms with van der Waals surface area (Å²) in [5.74, 6) is 0. The van der Waals surface area contributed by atoms with Crippen LogP contribution < -0.4 is 0 Å². The minimum Gasteiger partial charge on any atom is -0.379 e. The third-order valence-corrected chi connectivity index (χ3v) is 1.73. The van der Waals surface area contributed by atoms with E-state index in [1.807, 2.05) is 0 Å². The fourth-order valence-corrected chi connectivity index (χ4v) is 0.866. The summed E-state index contributed by atoms with van der Waals surface area (Å²) in [7, 11) is 3.05. The highest BCUT2D eigenvalue weighted by molar-refractivity contribution is 6.36. The first-order valence-corrected chi connectivity index (χ1v) is 3.91. The smallest absolute Gasteiger partial charge is 0.379 e. The Kier molecular flexibility index (Phi) is 10.9. The topological polar surface area (TPSA) is 91.1 Å². The molecule has 0 aliphatic heterocycles. The standard InChI is InChI=1S/C3H10O3Si.HNO3/c1-4-7(5-2)6-3;2-1(3)4/h7H,1-3H3;(H,2,3,4). The molecule has 0 aliphatic rings. The molecule has 0 fully saturated rings. The van der Waals surface area contributed by atoms with Crippen LogP contribution in [0.1, 0.15) is 0 Å². The molecule has 0 aliphatic carbocycles. The van der Waals surface area contributed by atoms with Gasteiger partial charge in [0.1, 0.15) is 0 Å². The second-order valence-electron chi connectivity index (χ2n) is 1.23. The van der Waals surface area contributed by atoms with Crippen LogP contribution in [0.2, 0.25) is 0 Å². The van der Waals surface area contributed by atoms with Crippen molar-refractivity contribution in [1.82, 2.24) is 0 Å². The van der Waals surface area contributed by atoms with Crippen molar-refractivity contribution in [3.05, 3.63) is 10.1 Å². The highest BCUT2D eigenvalue weighted by atomic mass is 28.3. The maximum absolute atomic E-state index is 8.36. The zero-order chi connectivity index (χ0) is 9.28. The minimum atomic E-state index is -1.67. The van der Waals surface area contributed by atoms with Gasteiger partial charge in [-0.2, -0.15) is 0 Å². The molecule has 0 aromatic heterocycles. The van der Waals surface area contributed by atoms with Gasteiger partial charge in [-0.15, -0.1) is 10.1 Å². The Hall–Kier alpha value is -0.703. The van der Waals surface area contributed by atoms with Gasteiger partial charge in [-0.1, -0.05) is 0 Å². The summed E-state index contributed by atoms with van der Waals surface area (Å²) in [6.45, 7) is 0. The largest absolute Gasteiger partial charge is 0.483 e. The molecule has 7 nitrogen and oxygen atoms in total. The normalized spacial score (nSPS) is 8.73. The lowest BCUT2D eigenvalue weighted by Gasteiger charge is -2.05. The van der Waals surface area contributed by atoms with E-state index < -0.39 is 14.6 Å². The third-order valence-electron chi connectivity index (χ3n) is 0.577. The lowest BCUT2D eigenvalue weighted by atomic mass is 11.8. The van der Waals surface area contributed by atoms with E-state index in [4.69, 9.17) is 28.6 Å². The lowest BCUT2D eigenvalue weighted by molar-refractivity contribution is -0.742. The first kappa shape index (κ1) is 12.9. The monoisotopic (exact) mass is 185 g/mol. The lowest BCUT2D eigenvalue weighted by Crippen LogP contribution is -2.21. The molecule has 0 heterocycles. The summed E-state index contributed by atoms with van der Waals surface area (Å²) in [6, 6.07) is 0. The van der Waals surface area contributed by atoms with Gasteiger partial charge in [-0.3, -0.25) is 0 Å². The Labute approximate surface area is 65.6 Å². The summed E-state index contributed by atoms with van der Waals surface area (Å²) in [4.78, 5) is 8.36. The molecule has 0 spiro atoms. The molecule has 1 N–H and O–H groups in total. The van der Waals surface area contributed by atoms with E-state index in [0.29, 0.717) is 0 Å². The molecule has 0 radical (unpaired) electrons. The molecule has 0 bridgehead atoms. The van der Waals surface area contributed by atoms with E-state index >= 15 is 0 Å². The van der Waals surface area contributed by atoms with E-state index in [1.54, 1.807) is 21.3 Å². The fourth-order valence-electron chi connectivity index (χ4n) is 0.289. The van der Waals surface area contributed by atoms with Crippen LogP contribution in [0.4, 0.5) is 0 Å². The molecule has 0 aromatic carbocycles. The molecular weight excluding hydrogens is 174 g/mol. The SMILES string of the molecule is CO[SiH](OC)OC.O=[N+]([O-])O. The summed E-state index contributed by atoms with van der Waals surface area (Å²) in [5.41, 5.74) is 0. The zero-order valence-electron chi connectivity index (χ0n) is 6.51. The first-order valence-electron chi connectivity index (χ1n) is 2.50. The Morgan fingerprint density at radius 2 is 1.45 bits per heavy atom. The van der Waals surface area contributed by atoms with Crippen LogP contribution in [-0.2, 0) is 13.3 Å². The molecule has 0 amide bonds. The Morgan fingerprint density at radius 1 is 1.27 bits per heavy atom. The van der Waals surface area contributed by atoms with E-state index in [2.05, 4.69) is 0 Å². The van der Waals surface area contributed by atoms with Crippen molar-refractivity contribution in [3.63, 3.8) is 0 Å². The van der Waals surface area contributed by atoms with Crippen LogP contribution >= 0.6 is 0 Å². The van der Waals surface area contributed by atoms with Gasteiger partial charge < -0.3 is 18.5 Å². The molecule has 8 heteroatoms. The minimum absolute atomic E-state index is 1.50. The van der Waals surface area contributed by atoms with Gasteiger partial charge in [0.25, 0.3) is 5.09 Å². The third kappa shape index (κ3) is 17.6. The number of hydrogen-bond acceptors (Lipinski definition) is 5. The van der Waals surface area contributed by atoms with Gasteiger partial charge in [-0.25, -0.2) is 0 Å². The molecule has 0 atom stereocenters. The van der Waals surface area contributed by atoms with Crippen molar-refractivity contribution in [2.75, 3.05) is 21.3 Å². The quantitative estimate of drug-likeness (QED) is 0.355. The van der Waals surface area contributed by atoms with Crippen LogP contribution in [0.5, 0.6) is 0 Å². The van der Waals surface area contributed by atoms with Crippen molar-refractivity contribution in [1.29, 1.82) is 0 Å². The highest BCUT2D eigenvalue weighted by Crippen LogP contribution is 1.81. The molecule has 0 aromatic rings. The Morgan fingerprint density at radius 3 is 1.45 bits per heavy atom. The van der Waals surface area contributed by atoms with Crippen molar-refractivity contribution in [2.45, 2.75) is 0 Å². The molecule has 0 saturated heterocycles. The first-order chi connectivity index (χ1) is 5.08. The zero-order valence-corrected chi connectivity index (χ0v) is 7.67. The summed E-state index contributed by atoms with van der Waals surface area (Å²) < 4.78 is 14.2. The second kappa shape index (κ2) is 9.30. The van der Waals surface area contributed by atoms with Crippen LogP contribution in [0.25, 0.3) is 0 Å². The fraction of sp³-hybridized carbons (Fsp3) is 1.00. The maximum Gasteiger partial charge on any atom is 0.483 e. The summed E-state index contributed by atoms with van der Waals surface area (Å²) in [6.07, 6.45) is 0. The van der Waals surface area contributed by atoms with Crippen LogP contribution in [0.3, 0.4) is 0 Å². The molecule has 68 valence electrons. The Bertz CT molecular complexity index is 86.3. The van der Waals surface area contributed by atoms with Gasteiger partial charge in [0, 0.05) is 21.3 Å². The van der Waals surface area contributed by atoms with Crippen LogP contribution in [0, 0.1) is 10.1 Å². The number of nitrogens with zero attached hydrogens (tertiary/aromatic N) is 1. The van der Waals surface area contributed by atoms with Crippen molar-refractivity contribution in [2.24, 2.45) is 0 Å². The molecule has 0 unspecified atom stereocenters. The van der Waals surface area contributed by atoms with Crippen molar-refractivity contribution in [3.8, 4) is 0 Å². The second-order valence-corrected chi connectivity index (χ2v) is 3.23. The number of rotatable bonds is 3. The van der Waals surface area contributed by atoms with Crippen molar-refractivity contribution < 1.29 is 23.6 Å². The van der Waals surface area contributed by atoms with E-state index in [-0.39, 0.29) is 0 Å². The van der Waals surface area contributed by atoms with Crippen molar-refractivity contribution >= 4 is 9.53 Å². The van der Waals surface area contributed by atoms with Gasteiger partial charge in [0.05, 0.1) is 0 Å². The summed E-state index contributed by atoms with van der Waals surface area (Å²) >= 11 is 0. The van der Waals surface area contributed by atoms with Gasteiger partial charge in [-0.05, 0) is 0 Å². The molecule has 0 rings (SSSR count). The molecular formula is C3H11NO6Si. The van der Waals surface area contributed by atoms with E-state index in [1.165, 1.54) is 0 Å². The van der Waals surface area contributed by atoms with Gasteiger partial charge in [0.15, 0.2) is 0 Å². The van der Waals surface area contributed by atoms with Crippen LogP contribution in [-0.4, -0.2) is 41.2 Å². The van der Waals surface area contributed by atoms with Gasteiger partial charge in [0.2, 0.25) is 0 Å². The van der Waals surface area contributed by atoms with E-state index in [0.717, 1.165) is 0 Å². The van der Waals surface area contributed by atoms with Gasteiger partial charge >= 0.3 is 9.53 Å². The number of hydrogen-bond donors (Lipinski definition) is 1. The predicted octanol–water partition coefficient (Wildman–Crippen LogP) is -0.705. The highest BCUT2D eigenvalue weighted by Gasteiger charge is 2.04. The molecule has 11 heavy (non-hydrogen) atoms. The maximum atomic E-state index is 8.36. The van der Waals surface area contributed by atoms with Crippen LogP contribution in [0.15, 0.2) is 0 Å². The predicted molar refractivity (Wildman–Crippen MR) is 37.0 cm³/mol. The average Bonchev–Trinajstić information content (AvgIpc) is 1.90. The molecule has 0 saturated carbocycles. The van der Waals surface area contributed by atoms with E-state index in [9.17, 15) is 0 Å². The Balaban J connectivity index is 0.